The zero-order valence-corrected chi connectivity index (χ0v) is 18.7. The molecule has 1 aromatic rings. The van der Waals surface area contributed by atoms with E-state index in [2.05, 4.69) is 49.4 Å². The molecule has 7 heteroatoms. The van der Waals surface area contributed by atoms with Crippen molar-refractivity contribution < 1.29 is 14.3 Å². The molecule has 0 radical (unpaired) electrons. The predicted molar refractivity (Wildman–Crippen MR) is 108 cm³/mol. The van der Waals surface area contributed by atoms with Crippen LogP contribution in [0.3, 0.4) is 0 Å². The van der Waals surface area contributed by atoms with Gasteiger partial charge in [-0.1, -0.05) is 29.3 Å². The van der Waals surface area contributed by atoms with Gasteiger partial charge in [0.05, 0.1) is 11.6 Å². The molecule has 0 spiro atoms. The highest BCUT2D eigenvalue weighted by Gasteiger charge is 2.18. The first-order valence-corrected chi connectivity index (χ1v) is 9.97. The summed E-state index contributed by atoms with van der Waals surface area (Å²) in [5.74, 6) is 0.811. The van der Waals surface area contributed by atoms with Gasteiger partial charge >= 0.3 is 6.09 Å². The molecule has 0 saturated heterocycles. The number of methoxy groups -OCH3 is 1. The first-order chi connectivity index (χ1) is 11.7. The van der Waals surface area contributed by atoms with E-state index < -0.39 is 11.7 Å². The Morgan fingerprint density at radius 1 is 1.28 bits per heavy atom. The quantitative estimate of drug-likeness (QED) is 0.550. The summed E-state index contributed by atoms with van der Waals surface area (Å²) in [5.41, 5.74) is 0.551. The summed E-state index contributed by atoms with van der Waals surface area (Å²) in [6, 6.07) is 4.14. The summed E-state index contributed by atoms with van der Waals surface area (Å²) in [4.78, 5) is 11.8. The van der Waals surface area contributed by atoms with E-state index in [0.717, 1.165) is 33.1 Å². The third kappa shape index (κ3) is 8.42. The lowest BCUT2D eigenvalue weighted by Crippen LogP contribution is -2.42. The van der Waals surface area contributed by atoms with Gasteiger partial charge in [0.15, 0.2) is 0 Å². The molecule has 0 aliphatic carbocycles. The second-order valence-corrected chi connectivity index (χ2v) is 8.60. The SMILES string of the molecule is CCCC(CNC(=O)OC(C)(C)C)NCc1cc(Br)cc(Br)c1OC. The van der Waals surface area contributed by atoms with Crippen molar-refractivity contribution in [3.8, 4) is 5.75 Å². The Morgan fingerprint density at radius 2 is 1.96 bits per heavy atom. The lowest BCUT2D eigenvalue weighted by molar-refractivity contribution is 0.0521. The van der Waals surface area contributed by atoms with E-state index in [9.17, 15) is 4.79 Å². The van der Waals surface area contributed by atoms with E-state index in [1.165, 1.54) is 0 Å². The van der Waals surface area contributed by atoms with Crippen LogP contribution >= 0.6 is 31.9 Å². The molecule has 142 valence electrons. The Kier molecular flexibility index (Phi) is 9.24. The second-order valence-electron chi connectivity index (χ2n) is 6.83. The topological polar surface area (TPSA) is 59.6 Å². The van der Waals surface area contributed by atoms with Crippen molar-refractivity contribution in [3.05, 3.63) is 26.6 Å². The molecule has 1 amide bonds. The lowest BCUT2D eigenvalue weighted by Gasteiger charge is -2.23. The van der Waals surface area contributed by atoms with E-state index in [0.29, 0.717) is 13.1 Å². The molecule has 1 atom stereocenters. The van der Waals surface area contributed by atoms with Crippen LogP contribution in [0.1, 0.15) is 46.1 Å². The third-order valence-electron chi connectivity index (χ3n) is 3.40. The number of rotatable bonds is 8. The van der Waals surface area contributed by atoms with Crippen LogP contribution in [0, 0.1) is 0 Å². The number of carbonyl (C=O) groups excluding carboxylic acids is 1. The van der Waals surface area contributed by atoms with Crippen LogP contribution in [0.2, 0.25) is 0 Å². The zero-order chi connectivity index (χ0) is 19.0. The van der Waals surface area contributed by atoms with E-state index >= 15 is 0 Å². The maximum atomic E-state index is 11.8. The first kappa shape index (κ1) is 22.3. The van der Waals surface area contributed by atoms with Crippen LogP contribution in [-0.4, -0.2) is 31.4 Å². The molecule has 0 heterocycles. The fraction of sp³-hybridized carbons (Fsp3) is 0.611. The Morgan fingerprint density at radius 3 is 2.52 bits per heavy atom. The number of halogens is 2. The maximum Gasteiger partial charge on any atom is 0.407 e. The van der Waals surface area contributed by atoms with Crippen molar-refractivity contribution in [2.24, 2.45) is 0 Å². The molecule has 25 heavy (non-hydrogen) atoms. The van der Waals surface area contributed by atoms with Crippen LogP contribution in [0.4, 0.5) is 4.79 Å². The Hall–Kier alpha value is -0.790. The fourth-order valence-electron chi connectivity index (χ4n) is 2.37. The molecular weight excluding hydrogens is 452 g/mol. The van der Waals surface area contributed by atoms with E-state index in [4.69, 9.17) is 9.47 Å². The van der Waals surface area contributed by atoms with Gasteiger partial charge < -0.3 is 20.1 Å². The molecule has 0 aliphatic heterocycles. The van der Waals surface area contributed by atoms with E-state index in [1.54, 1.807) is 7.11 Å². The molecular formula is C18H28Br2N2O3. The Balaban J connectivity index is 2.66. The highest BCUT2D eigenvalue weighted by Crippen LogP contribution is 2.32. The van der Waals surface area contributed by atoms with Gasteiger partial charge in [0.1, 0.15) is 11.4 Å². The summed E-state index contributed by atoms with van der Waals surface area (Å²) in [6.45, 7) is 8.84. The van der Waals surface area contributed by atoms with E-state index in [-0.39, 0.29) is 6.04 Å². The minimum Gasteiger partial charge on any atom is -0.495 e. The van der Waals surface area contributed by atoms with Gasteiger partial charge in [0.2, 0.25) is 0 Å². The molecule has 1 rings (SSSR count). The normalized spacial score (nSPS) is 12.6. The van der Waals surface area contributed by atoms with Gasteiger partial charge in [-0.2, -0.15) is 0 Å². The highest BCUT2D eigenvalue weighted by molar-refractivity contribution is 9.11. The van der Waals surface area contributed by atoms with Crippen molar-refractivity contribution in [1.82, 2.24) is 10.6 Å². The minimum absolute atomic E-state index is 0.153. The van der Waals surface area contributed by atoms with Crippen molar-refractivity contribution in [2.75, 3.05) is 13.7 Å². The number of alkyl carbamates (subject to hydrolysis) is 1. The molecule has 0 aliphatic rings. The van der Waals surface area contributed by atoms with Crippen LogP contribution in [0.15, 0.2) is 21.1 Å². The molecule has 5 nitrogen and oxygen atoms in total. The van der Waals surface area contributed by atoms with Gasteiger partial charge in [-0.25, -0.2) is 4.79 Å². The molecule has 2 N–H and O–H groups in total. The largest absolute Gasteiger partial charge is 0.495 e. The third-order valence-corrected chi connectivity index (χ3v) is 4.45. The number of ether oxygens (including phenoxy) is 2. The number of hydrogen-bond acceptors (Lipinski definition) is 4. The Bertz CT molecular complexity index is 574. The molecule has 0 fully saturated rings. The van der Waals surface area contributed by atoms with Crippen molar-refractivity contribution >= 4 is 38.0 Å². The maximum absolute atomic E-state index is 11.8. The summed E-state index contributed by atoms with van der Waals surface area (Å²) in [5, 5.41) is 6.33. The van der Waals surface area contributed by atoms with Crippen LogP contribution in [-0.2, 0) is 11.3 Å². The number of benzene rings is 1. The van der Waals surface area contributed by atoms with Crippen molar-refractivity contribution in [2.45, 2.75) is 58.7 Å². The Labute approximate surface area is 167 Å². The predicted octanol–water partition coefficient (Wildman–Crippen LogP) is 5.00. The van der Waals surface area contributed by atoms with Gasteiger partial charge in [-0.15, -0.1) is 0 Å². The van der Waals surface area contributed by atoms with E-state index in [1.807, 2.05) is 32.9 Å². The van der Waals surface area contributed by atoms with Crippen LogP contribution in [0.5, 0.6) is 5.75 Å². The zero-order valence-electron chi connectivity index (χ0n) is 15.5. The molecule has 0 saturated carbocycles. The summed E-state index contributed by atoms with van der Waals surface area (Å²) in [7, 11) is 1.66. The fourth-order valence-corrected chi connectivity index (χ4v) is 3.85. The van der Waals surface area contributed by atoms with Gasteiger partial charge in [0.25, 0.3) is 0 Å². The average molecular weight is 480 g/mol. The average Bonchev–Trinajstić information content (AvgIpc) is 2.48. The lowest BCUT2D eigenvalue weighted by atomic mass is 10.1. The summed E-state index contributed by atoms with van der Waals surface area (Å²) in [6.07, 6.45) is 1.58. The monoisotopic (exact) mass is 478 g/mol. The first-order valence-electron chi connectivity index (χ1n) is 8.38. The van der Waals surface area contributed by atoms with Crippen molar-refractivity contribution in [3.63, 3.8) is 0 Å². The minimum atomic E-state index is -0.492. The van der Waals surface area contributed by atoms with Gasteiger partial charge in [-0.05, 0) is 55.3 Å². The second kappa shape index (κ2) is 10.4. The molecule has 0 bridgehead atoms. The number of nitrogens with one attached hydrogen (secondary N) is 2. The molecule has 0 aromatic heterocycles. The number of carbonyl (C=O) groups is 1. The molecule has 1 aromatic carbocycles. The van der Waals surface area contributed by atoms with Gasteiger partial charge in [0, 0.05) is 29.2 Å². The summed E-state index contributed by atoms with van der Waals surface area (Å²) < 4.78 is 12.7. The number of amides is 1. The summed E-state index contributed by atoms with van der Waals surface area (Å²) >= 11 is 7.02. The van der Waals surface area contributed by atoms with Crippen LogP contribution in [0.25, 0.3) is 0 Å². The molecule has 1 unspecified atom stereocenters. The highest BCUT2D eigenvalue weighted by atomic mass is 79.9. The number of hydrogen-bond donors (Lipinski definition) is 2. The van der Waals surface area contributed by atoms with Crippen LogP contribution < -0.4 is 15.4 Å². The smallest absolute Gasteiger partial charge is 0.407 e. The van der Waals surface area contributed by atoms with Gasteiger partial charge in [-0.3, -0.25) is 0 Å². The van der Waals surface area contributed by atoms with Crippen molar-refractivity contribution in [1.29, 1.82) is 0 Å². The standard InChI is InChI=1S/C18H28Br2N2O3/c1-6-7-14(11-22-17(23)25-18(2,3)4)21-10-12-8-13(19)9-15(20)16(12)24-5/h8-9,14,21H,6-7,10-11H2,1-5H3,(H,22,23).